The maximum absolute atomic E-state index is 11.6. The number of dihydropyridines is 1. The van der Waals surface area contributed by atoms with Crippen molar-refractivity contribution >= 4 is 14.8 Å². The number of urea groups is 1. The summed E-state index contributed by atoms with van der Waals surface area (Å²) < 4.78 is 15.9. The van der Waals surface area contributed by atoms with Crippen molar-refractivity contribution in [3.63, 3.8) is 0 Å². The fourth-order valence-corrected chi connectivity index (χ4v) is 3.52. The molecule has 1 aliphatic rings. The summed E-state index contributed by atoms with van der Waals surface area (Å²) in [6.45, 7) is 1.16. The molecule has 0 aromatic rings. The lowest BCUT2D eigenvalue weighted by molar-refractivity contribution is 0.123. The monoisotopic (exact) mass is 301 g/mol. The van der Waals surface area contributed by atoms with Crippen LogP contribution in [0, 0.1) is 0 Å². The van der Waals surface area contributed by atoms with Crippen LogP contribution in [0.2, 0.25) is 6.04 Å². The number of nitrogens with one attached hydrogen (secondary N) is 3. The second-order valence-corrected chi connectivity index (χ2v) is 7.30. The zero-order valence-electron chi connectivity index (χ0n) is 12.2. The molecule has 3 N–H and O–H groups in total. The van der Waals surface area contributed by atoms with Gasteiger partial charge < -0.3 is 29.2 Å². The molecule has 1 aliphatic heterocycles. The van der Waals surface area contributed by atoms with E-state index < -0.39 is 8.80 Å². The molecule has 0 atom stereocenters. The third-order valence-corrected chi connectivity index (χ3v) is 5.79. The first kappa shape index (κ1) is 16.7. The lowest BCUT2D eigenvalue weighted by Gasteiger charge is -2.24. The number of hydrogen-bond acceptors (Lipinski definition) is 5. The molecule has 8 heteroatoms. The van der Waals surface area contributed by atoms with Crippen molar-refractivity contribution < 1.29 is 18.1 Å². The summed E-state index contributed by atoms with van der Waals surface area (Å²) in [4.78, 5) is 11.6. The van der Waals surface area contributed by atoms with Crippen molar-refractivity contribution in [2.45, 2.75) is 12.5 Å². The van der Waals surface area contributed by atoms with Crippen molar-refractivity contribution in [3.8, 4) is 0 Å². The van der Waals surface area contributed by atoms with Gasteiger partial charge in [-0.25, -0.2) is 4.79 Å². The van der Waals surface area contributed by atoms with E-state index in [9.17, 15) is 4.79 Å². The third kappa shape index (κ3) is 5.33. The number of rotatable bonds is 8. The molecular weight excluding hydrogens is 278 g/mol. The van der Waals surface area contributed by atoms with Crippen molar-refractivity contribution in [1.82, 2.24) is 16.0 Å². The van der Waals surface area contributed by atoms with Crippen LogP contribution < -0.4 is 16.0 Å². The summed E-state index contributed by atoms with van der Waals surface area (Å²) in [6, 6.07) is 0.442. The maximum Gasteiger partial charge on any atom is 0.500 e. The van der Waals surface area contributed by atoms with Gasteiger partial charge in [0.2, 0.25) is 0 Å². The van der Waals surface area contributed by atoms with Gasteiger partial charge in [-0.1, -0.05) is 0 Å². The second kappa shape index (κ2) is 8.75. The highest BCUT2D eigenvalue weighted by molar-refractivity contribution is 6.60. The van der Waals surface area contributed by atoms with Gasteiger partial charge in [0.25, 0.3) is 0 Å². The molecule has 1 rings (SSSR count). The van der Waals surface area contributed by atoms with Crippen LogP contribution in [-0.4, -0.2) is 49.3 Å². The Hall–Kier alpha value is -1.35. The van der Waals surface area contributed by atoms with Crippen molar-refractivity contribution in [1.29, 1.82) is 0 Å². The van der Waals surface area contributed by atoms with Crippen LogP contribution >= 0.6 is 0 Å². The van der Waals surface area contributed by atoms with Gasteiger partial charge in [0.15, 0.2) is 0 Å². The fourth-order valence-electron chi connectivity index (χ4n) is 1.80. The second-order valence-electron chi connectivity index (χ2n) is 4.21. The lowest BCUT2D eigenvalue weighted by Crippen LogP contribution is -2.44. The fraction of sp³-hybridized carbons (Fsp3) is 0.583. The Morgan fingerprint density at radius 2 is 2.05 bits per heavy atom. The Morgan fingerprint density at radius 3 is 2.60 bits per heavy atom. The summed E-state index contributed by atoms with van der Waals surface area (Å²) in [5, 5.41) is 8.58. The van der Waals surface area contributed by atoms with Gasteiger partial charge in [-0.2, -0.15) is 0 Å². The average Bonchev–Trinajstić information content (AvgIpc) is 2.49. The highest BCUT2D eigenvalue weighted by atomic mass is 28.4. The summed E-state index contributed by atoms with van der Waals surface area (Å²) >= 11 is 0. The van der Waals surface area contributed by atoms with Crippen LogP contribution in [0.25, 0.3) is 0 Å². The number of allylic oxidation sites excluding steroid dienone is 2. The zero-order valence-corrected chi connectivity index (χ0v) is 13.2. The largest absolute Gasteiger partial charge is 0.500 e. The first-order valence-electron chi connectivity index (χ1n) is 6.45. The lowest BCUT2D eigenvalue weighted by atomic mass is 10.3. The Labute approximate surface area is 120 Å². The first-order valence-corrected chi connectivity index (χ1v) is 8.38. The number of amides is 2. The predicted molar refractivity (Wildman–Crippen MR) is 78.0 cm³/mol. The molecular formula is C12H23N3O4Si. The predicted octanol–water partition coefficient (Wildman–Crippen LogP) is 0.555. The number of carbonyl (C=O) groups excluding carboxylic acids is 1. The van der Waals surface area contributed by atoms with Crippen molar-refractivity contribution in [3.05, 3.63) is 24.0 Å². The van der Waals surface area contributed by atoms with E-state index in [1.807, 2.05) is 18.4 Å². The van der Waals surface area contributed by atoms with Crippen LogP contribution in [0.4, 0.5) is 4.79 Å². The smallest absolute Gasteiger partial charge is 0.385 e. The molecule has 0 spiro atoms. The molecule has 0 radical (unpaired) electrons. The van der Waals surface area contributed by atoms with E-state index >= 15 is 0 Å². The SMILES string of the molecule is CO[Si](CCCNC(=O)NC1=CC=CNC1)(OC)OC. The van der Waals surface area contributed by atoms with E-state index in [4.69, 9.17) is 13.3 Å². The van der Waals surface area contributed by atoms with Gasteiger partial charge >= 0.3 is 14.8 Å². The number of hydrogen-bond donors (Lipinski definition) is 3. The van der Waals surface area contributed by atoms with Crippen LogP contribution in [0.3, 0.4) is 0 Å². The molecule has 0 saturated heterocycles. The van der Waals surface area contributed by atoms with E-state index in [1.54, 1.807) is 21.3 Å². The molecule has 0 saturated carbocycles. The summed E-state index contributed by atoms with van der Waals surface area (Å²) in [6.07, 6.45) is 6.25. The molecule has 1 heterocycles. The molecule has 20 heavy (non-hydrogen) atoms. The van der Waals surface area contributed by atoms with Gasteiger partial charge in [-0.05, 0) is 24.8 Å². The Morgan fingerprint density at radius 1 is 1.35 bits per heavy atom. The van der Waals surface area contributed by atoms with Gasteiger partial charge in [0.05, 0.1) is 6.54 Å². The minimum Gasteiger partial charge on any atom is -0.385 e. The summed E-state index contributed by atoms with van der Waals surface area (Å²) in [7, 11) is 2.20. The molecule has 0 aromatic carbocycles. The van der Waals surface area contributed by atoms with Crippen molar-refractivity contribution in [2.75, 3.05) is 34.4 Å². The Bertz CT molecular complexity index is 361. The standard InChI is InChI=1S/C12H23N3O4Si/c1-17-20(18-2,19-3)9-5-8-14-12(16)15-11-6-4-7-13-10-11/h4,6-7,13H,5,8-10H2,1-3H3,(H2,14,15,16). The van der Waals surface area contributed by atoms with E-state index in [0.29, 0.717) is 19.1 Å². The first-order chi connectivity index (χ1) is 9.65. The summed E-state index contributed by atoms with van der Waals surface area (Å²) in [5.74, 6) is 0. The van der Waals surface area contributed by atoms with Crippen LogP contribution in [0.15, 0.2) is 24.0 Å². The Balaban J connectivity index is 2.21. The van der Waals surface area contributed by atoms with Gasteiger partial charge in [0, 0.05) is 39.6 Å². The molecule has 0 aromatic heterocycles. The number of carbonyl (C=O) groups is 1. The summed E-state index contributed by atoms with van der Waals surface area (Å²) in [5.41, 5.74) is 0.833. The normalized spacial score (nSPS) is 14.4. The third-order valence-electron chi connectivity index (χ3n) is 2.96. The Kier molecular flexibility index (Phi) is 7.30. The van der Waals surface area contributed by atoms with Gasteiger partial charge in [-0.3, -0.25) is 0 Å². The molecule has 0 bridgehead atoms. The molecule has 114 valence electrons. The van der Waals surface area contributed by atoms with E-state index in [2.05, 4.69) is 16.0 Å². The van der Waals surface area contributed by atoms with E-state index in [1.165, 1.54) is 0 Å². The molecule has 0 fully saturated rings. The topological polar surface area (TPSA) is 80.9 Å². The highest BCUT2D eigenvalue weighted by Crippen LogP contribution is 2.14. The van der Waals surface area contributed by atoms with Gasteiger partial charge in [0.1, 0.15) is 0 Å². The van der Waals surface area contributed by atoms with Gasteiger partial charge in [-0.15, -0.1) is 0 Å². The quantitative estimate of drug-likeness (QED) is 0.451. The minimum absolute atomic E-state index is 0.215. The van der Waals surface area contributed by atoms with Crippen LogP contribution in [0.1, 0.15) is 6.42 Å². The van der Waals surface area contributed by atoms with E-state index in [0.717, 1.165) is 12.1 Å². The molecule has 2 amide bonds. The minimum atomic E-state index is -2.53. The maximum atomic E-state index is 11.6. The molecule has 0 aliphatic carbocycles. The van der Waals surface area contributed by atoms with E-state index in [-0.39, 0.29) is 6.03 Å². The highest BCUT2D eigenvalue weighted by Gasteiger charge is 2.36. The molecule has 0 unspecified atom stereocenters. The van der Waals surface area contributed by atoms with Crippen LogP contribution in [-0.2, 0) is 13.3 Å². The molecule has 7 nitrogen and oxygen atoms in total. The van der Waals surface area contributed by atoms with Crippen LogP contribution in [0.5, 0.6) is 0 Å². The van der Waals surface area contributed by atoms with Crippen molar-refractivity contribution in [2.24, 2.45) is 0 Å². The average molecular weight is 301 g/mol. The zero-order chi connectivity index (χ0) is 14.8.